The Hall–Kier alpha value is -3.77. The molecule has 0 aliphatic heterocycles. The molecule has 5 nitrogen and oxygen atoms in total. The Labute approximate surface area is 199 Å². The summed E-state index contributed by atoms with van der Waals surface area (Å²) in [6.45, 7) is 2.28. The fourth-order valence-electron chi connectivity index (χ4n) is 3.59. The van der Waals surface area contributed by atoms with Gasteiger partial charge >= 0.3 is 5.97 Å². The molecular formula is C28H28FNO4. The third-order valence-electron chi connectivity index (χ3n) is 5.55. The van der Waals surface area contributed by atoms with Gasteiger partial charge in [0.1, 0.15) is 11.6 Å². The molecule has 34 heavy (non-hydrogen) atoms. The van der Waals surface area contributed by atoms with E-state index in [1.165, 1.54) is 19.3 Å². The predicted molar refractivity (Wildman–Crippen MR) is 131 cm³/mol. The van der Waals surface area contributed by atoms with Crippen molar-refractivity contribution >= 4 is 17.8 Å². The predicted octanol–water partition coefficient (Wildman–Crippen LogP) is 5.43. The van der Waals surface area contributed by atoms with Gasteiger partial charge < -0.3 is 14.7 Å². The molecular weight excluding hydrogens is 433 g/mol. The second kappa shape index (κ2) is 10.9. The van der Waals surface area contributed by atoms with Gasteiger partial charge in [-0.25, -0.2) is 4.39 Å². The fourth-order valence-corrected chi connectivity index (χ4v) is 3.59. The van der Waals surface area contributed by atoms with Gasteiger partial charge in [-0.05, 0) is 55.9 Å². The molecule has 0 heterocycles. The Kier molecular flexibility index (Phi) is 7.97. The van der Waals surface area contributed by atoms with Crippen LogP contribution in [0.1, 0.15) is 39.9 Å². The molecule has 0 spiro atoms. The van der Waals surface area contributed by atoms with Gasteiger partial charge in [0.15, 0.2) is 5.78 Å². The van der Waals surface area contributed by atoms with Gasteiger partial charge in [0.2, 0.25) is 0 Å². The van der Waals surface area contributed by atoms with Crippen LogP contribution in [0, 0.1) is 5.82 Å². The molecule has 176 valence electrons. The second-order valence-electron chi connectivity index (χ2n) is 8.38. The van der Waals surface area contributed by atoms with Gasteiger partial charge in [-0.2, -0.15) is 0 Å². The summed E-state index contributed by atoms with van der Waals surface area (Å²) in [4.78, 5) is 26.2. The van der Waals surface area contributed by atoms with Crippen molar-refractivity contribution < 1.29 is 23.8 Å². The van der Waals surface area contributed by atoms with Crippen LogP contribution in [0.4, 0.5) is 4.39 Å². The lowest BCUT2D eigenvalue weighted by atomic mass is 9.96. The summed E-state index contributed by atoms with van der Waals surface area (Å²) < 4.78 is 19.4. The molecule has 0 aliphatic rings. The number of nitrogens with zero attached hydrogens (tertiary/aromatic N) is 1. The number of ketones is 1. The molecule has 3 aromatic carbocycles. The van der Waals surface area contributed by atoms with Gasteiger partial charge in [-0.3, -0.25) is 9.59 Å². The van der Waals surface area contributed by atoms with E-state index < -0.39 is 17.7 Å². The SMILES string of the molecule is COC(=O)C(C)c1ccc(-c2ccc(C(=O)/C=C/c3ccc(CN(C)C)c(O)c3)cc2)c(F)c1. The third kappa shape index (κ3) is 5.97. The number of methoxy groups -OCH3 is 1. The maximum absolute atomic E-state index is 14.7. The highest BCUT2D eigenvalue weighted by atomic mass is 19.1. The zero-order valence-corrected chi connectivity index (χ0v) is 19.7. The molecule has 0 bridgehead atoms. The third-order valence-corrected chi connectivity index (χ3v) is 5.55. The van der Waals surface area contributed by atoms with E-state index in [9.17, 15) is 19.1 Å². The van der Waals surface area contributed by atoms with Crippen molar-refractivity contribution in [3.8, 4) is 16.9 Å². The monoisotopic (exact) mass is 461 g/mol. The van der Waals surface area contributed by atoms with Gasteiger partial charge in [0, 0.05) is 23.2 Å². The van der Waals surface area contributed by atoms with Crippen molar-refractivity contribution in [3.05, 3.63) is 94.8 Å². The molecule has 6 heteroatoms. The number of hydrogen-bond donors (Lipinski definition) is 1. The topological polar surface area (TPSA) is 66.8 Å². The highest BCUT2D eigenvalue weighted by Gasteiger charge is 2.17. The number of aromatic hydroxyl groups is 1. The van der Waals surface area contributed by atoms with Crippen LogP contribution in [0.5, 0.6) is 5.75 Å². The van der Waals surface area contributed by atoms with E-state index in [0.717, 1.165) is 5.56 Å². The van der Waals surface area contributed by atoms with Crippen molar-refractivity contribution in [2.75, 3.05) is 21.2 Å². The highest BCUT2D eigenvalue weighted by Crippen LogP contribution is 2.27. The molecule has 3 aromatic rings. The Morgan fingerprint density at radius 1 is 1.06 bits per heavy atom. The van der Waals surface area contributed by atoms with Crippen LogP contribution in [-0.4, -0.2) is 43.0 Å². The van der Waals surface area contributed by atoms with Gasteiger partial charge in [-0.1, -0.05) is 54.6 Å². The Morgan fingerprint density at radius 2 is 1.76 bits per heavy atom. The number of carbonyl (C=O) groups is 2. The van der Waals surface area contributed by atoms with E-state index in [0.29, 0.717) is 34.4 Å². The smallest absolute Gasteiger partial charge is 0.312 e. The number of halogens is 1. The Balaban J connectivity index is 1.72. The highest BCUT2D eigenvalue weighted by molar-refractivity contribution is 6.07. The van der Waals surface area contributed by atoms with Crippen LogP contribution in [-0.2, 0) is 16.1 Å². The minimum atomic E-state index is -0.563. The molecule has 0 aromatic heterocycles. The summed E-state index contributed by atoms with van der Waals surface area (Å²) >= 11 is 0. The molecule has 0 saturated heterocycles. The van der Waals surface area contributed by atoms with E-state index in [2.05, 4.69) is 0 Å². The first-order chi connectivity index (χ1) is 16.2. The van der Waals surface area contributed by atoms with E-state index in [1.54, 1.807) is 55.5 Å². The van der Waals surface area contributed by atoms with E-state index >= 15 is 0 Å². The molecule has 1 N–H and O–H groups in total. The average molecular weight is 462 g/mol. The molecule has 3 rings (SSSR count). The van der Waals surface area contributed by atoms with Gasteiger partial charge in [0.25, 0.3) is 0 Å². The van der Waals surface area contributed by atoms with E-state index in [-0.39, 0.29) is 11.5 Å². The van der Waals surface area contributed by atoms with Crippen LogP contribution in [0.15, 0.2) is 66.7 Å². The number of benzene rings is 3. The Bertz CT molecular complexity index is 1220. The fraction of sp³-hybridized carbons (Fsp3) is 0.214. The summed E-state index contributed by atoms with van der Waals surface area (Å²) in [7, 11) is 5.14. The first kappa shape index (κ1) is 24.9. The molecule has 0 aliphatic carbocycles. The number of rotatable bonds is 8. The molecule has 0 saturated carbocycles. The minimum Gasteiger partial charge on any atom is -0.508 e. The normalized spacial score (nSPS) is 12.2. The number of allylic oxidation sites excluding steroid dienone is 1. The number of phenolic OH excluding ortho intramolecular Hbond substituents is 1. The number of hydrogen-bond acceptors (Lipinski definition) is 5. The number of ether oxygens (including phenoxy) is 1. The summed E-state index contributed by atoms with van der Waals surface area (Å²) in [5.74, 6) is -1.47. The average Bonchev–Trinajstić information content (AvgIpc) is 2.83. The first-order valence-electron chi connectivity index (χ1n) is 10.9. The summed E-state index contributed by atoms with van der Waals surface area (Å²) in [5, 5.41) is 10.2. The van der Waals surface area contributed by atoms with Gasteiger partial charge in [0.05, 0.1) is 13.0 Å². The Morgan fingerprint density at radius 3 is 2.35 bits per heavy atom. The number of carbonyl (C=O) groups excluding carboxylic acids is 2. The van der Waals surface area contributed by atoms with Crippen molar-refractivity contribution in [2.24, 2.45) is 0 Å². The first-order valence-corrected chi connectivity index (χ1v) is 10.9. The van der Waals surface area contributed by atoms with Crippen LogP contribution < -0.4 is 0 Å². The molecule has 0 radical (unpaired) electrons. The van der Waals surface area contributed by atoms with Crippen LogP contribution in [0.2, 0.25) is 0 Å². The van der Waals surface area contributed by atoms with Gasteiger partial charge in [-0.15, -0.1) is 0 Å². The quantitative estimate of drug-likeness (QED) is 0.275. The lowest BCUT2D eigenvalue weighted by Gasteiger charge is -2.11. The largest absolute Gasteiger partial charge is 0.508 e. The van der Waals surface area contributed by atoms with Crippen LogP contribution >= 0.6 is 0 Å². The lowest BCUT2D eigenvalue weighted by molar-refractivity contribution is -0.142. The van der Waals surface area contributed by atoms with E-state index in [1.807, 2.05) is 31.1 Å². The van der Waals surface area contributed by atoms with Crippen LogP contribution in [0.25, 0.3) is 17.2 Å². The molecule has 1 unspecified atom stereocenters. The second-order valence-corrected chi connectivity index (χ2v) is 8.38. The molecule has 0 amide bonds. The van der Waals surface area contributed by atoms with E-state index in [4.69, 9.17) is 4.74 Å². The molecule has 1 atom stereocenters. The van der Waals surface area contributed by atoms with Crippen molar-refractivity contribution in [3.63, 3.8) is 0 Å². The minimum absolute atomic E-state index is 0.182. The molecule has 0 fully saturated rings. The summed E-state index contributed by atoms with van der Waals surface area (Å²) in [5.41, 5.74) is 3.52. The zero-order valence-electron chi connectivity index (χ0n) is 19.7. The lowest BCUT2D eigenvalue weighted by Crippen LogP contribution is -2.11. The van der Waals surface area contributed by atoms with Crippen molar-refractivity contribution in [2.45, 2.75) is 19.4 Å². The standard InChI is InChI=1S/C28H28FNO4/c1-18(28(33)34-4)22-12-13-24(25(29)16-22)20-8-10-21(11-9-20)26(31)14-6-19-5-7-23(17-30(2)3)27(32)15-19/h5-16,18,32H,17H2,1-4H3/b14-6+. The number of esters is 1. The maximum atomic E-state index is 14.7. The van der Waals surface area contributed by atoms with Crippen molar-refractivity contribution in [1.82, 2.24) is 4.90 Å². The van der Waals surface area contributed by atoms with Crippen molar-refractivity contribution in [1.29, 1.82) is 0 Å². The summed E-state index contributed by atoms with van der Waals surface area (Å²) in [6.07, 6.45) is 3.09. The summed E-state index contributed by atoms with van der Waals surface area (Å²) in [6, 6.07) is 16.6. The zero-order chi connectivity index (χ0) is 24.8. The van der Waals surface area contributed by atoms with Crippen LogP contribution in [0.3, 0.4) is 0 Å². The number of phenols is 1. The maximum Gasteiger partial charge on any atom is 0.312 e.